The molecule has 1 amide bonds. The van der Waals surface area contributed by atoms with Crippen molar-refractivity contribution in [1.29, 1.82) is 0 Å². The van der Waals surface area contributed by atoms with E-state index < -0.39 is 5.91 Å². The Morgan fingerprint density at radius 2 is 2.50 bits per heavy atom. The van der Waals surface area contributed by atoms with Crippen LogP contribution in [0, 0.1) is 5.92 Å². The van der Waals surface area contributed by atoms with Crippen molar-refractivity contribution in [3.05, 3.63) is 17.5 Å². The number of carbonyl (C=O) groups excluding carboxylic acids is 1. The van der Waals surface area contributed by atoms with Crippen molar-refractivity contribution in [2.45, 2.75) is 26.0 Å². The monoisotopic (exact) mass is 243 g/mol. The molecule has 6 heteroatoms. The summed E-state index contributed by atoms with van der Waals surface area (Å²) in [6, 6.07) is 1.62. The molecule has 1 atom stereocenters. The first-order valence-corrected chi connectivity index (χ1v) is 6.37. The Bertz CT molecular complexity index is 341. The summed E-state index contributed by atoms with van der Waals surface area (Å²) < 4.78 is 5.02. The molecule has 0 radical (unpaired) electrons. The van der Waals surface area contributed by atoms with Gasteiger partial charge in [0, 0.05) is 6.07 Å². The minimum Gasteiger partial charge on any atom is -0.360 e. The van der Waals surface area contributed by atoms with E-state index in [1.165, 1.54) is 6.42 Å². The van der Waals surface area contributed by atoms with E-state index in [1.807, 2.05) is 5.43 Å². The molecule has 0 bridgehead atoms. The molecule has 3 N–H and O–H groups in total. The molecule has 1 unspecified atom stereocenters. The van der Waals surface area contributed by atoms with Crippen LogP contribution in [0.3, 0.4) is 0 Å². The van der Waals surface area contributed by atoms with Crippen LogP contribution in [0.1, 0.15) is 36.5 Å². The third-order valence-corrected chi connectivity index (χ3v) is 3.56. The summed E-state index contributed by atoms with van der Waals surface area (Å²) in [5.74, 6) is 7.76. The van der Waals surface area contributed by atoms with Crippen molar-refractivity contribution >= 4 is 17.7 Å². The summed E-state index contributed by atoms with van der Waals surface area (Å²) in [5, 5.41) is 3.62. The topological polar surface area (TPSA) is 81.2 Å². The van der Waals surface area contributed by atoms with Crippen LogP contribution in [0.25, 0.3) is 0 Å². The fraction of sp³-hybridized carbons (Fsp3) is 0.600. The third kappa shape index (κ3) is 3.86. The van der Waals surface area contributed by atoms with Gasteiger partial charge in [-0.15, -0.1) is 0 Å². The van der Waals surface area contributed by atoms with Crippen molar-refractivity contribution in [1.82, 2.24) is 10.6 Å². The van der Waals surface area contributed by atoms with Crippen LogP contribution < -0.4 is 11.3 Å². The number of nitrogens with one attached hydrogen (secondary N) is 1. The quantitative estimate of drug-likeness (QED) is 0.450. The van der Waals surface area contributed by atoms with Gasteiger partial charge in [-0.25, -0.2) is 5.84 Å². The van der Waals surface area contributed by atoms with Gasteiger partial charge < -0.3 is 4.52 Å². The molecular weight excluding hydrogens is 226 g/mol. The fourth-order valence-corrected chi connectivity index (χ4v) is 2.13. The molecule has 0 saturated heterocycles. The average Bonchev–Trinajstić information content (AvgIpc) is 2.76. The number of nitrogens with zero attached hydrogens (tertiary/aromatic N) is 1. The minimum absolute atomic E-state index is 0.224. The molecule has 0 aromatic carbocycles. The van der Waals surface area contributed by atoms with Crippen LogP contribution in [-0.2, 0) is 5.75 Å². The lowest BCUT2D eigenvalue weighted by Gasteiger charge is -2.05. The number of nitrogen functional groups attached to an aromatic ring is 1. The van der Waals surface area contributed by atoms with Crippen LogP contribution in [-0.4, -0.2) is 16.8 Å². The second kappa shape index (κ2) is 6.55. The highest BCUT2D eigenvalue weighted by molar-refractivity contribution is 7.98. The second-order valence-corrected chi connectivity index (χ2v) is 4.71. The highest BCUT2D eigenvalue weighted by Crippen LogP contribution is 2.17. The maximum absolute atomic E-state index is 11.1. The lowest BCUT2D eigenvalue weighted by atomic mass is 10.2. The molecule has 1 aromatic rings. The smallest absolute Gasteiger partial charge is 0.287 e. The molecule has 1 rings (SSSR count). The first-order chi connectivity index (χ1) is 7.67. The van der Waals surface area contributed by atoms with Crippen molar-refractivity contribution in [3.63, 3.8) is 0 Å². The molecule has 0 spiro atoms. The highest BCUT2D eigenvalue weighted by atomic mass is 32.2. The molecule has 5 nitrogen and oxygen atoms in total. The molecular formula is C10H17N3O2S. The molecule has 1 heterocycles. The van der Waals surface area contributed by atoms with E-state index in [2.05, 4.69) is 19.0 Å². The summed E-state index contributed by atoms with van der Waals surface area (Å²) >= 11 is 1.77. The number of rotatable bonds is 6. The zero-order valence-corrected chi connectivity index (χ0v) is 10.3. The van der Waals surface area contributed by atoms with Gasteiger partial charge >= 0.3 is 0 Å². The maximum atomic E-state index is 11.1. The Kier molecular flexibility index (Phi) is 5.34. The van der Waals surface area contributed by atoms with Crippen LogP contribution in [0.15, 0.2) is 10.6 Å². The molecule has 0 aliphatic rings. The van der Waals surface area contributed by atoms with Gasteiger partial charge in [0.2, 0.25) is 0 Å². The number of aromatic nitrogens is 1. The Balaban J connectivity index is 2.38. The number of hydrazine groups is 1. The normalized spacial score (nSPS) is 12.4. The molecule has 0 aliphatic carbocycles. The zero-order valence-electron chi connectivity index (χ0n) is 9.53. The Morgan fingerprint density at radius 1 is 1.75 bits per heavy atom. The Morgan fingerprint density at radius 3 is 3.12 bits per heavy atom. The van der Waals surface area contributed by atoms with Gasteiger partial charge in [-0.05, 0) is 11.7 Å². The fourth-order valence-electron chi connectivity index (χ4n) is 1.04. The lowest BCUT2D eigenvalue weighted by Crippen LogP contribution is -2.30. The highest BCUT2D eigenvalue weighted by Gasteiger charge is 2.11. The second-order valence-electron chi connectivity index (χ2n) is 3.68. The number of thioether (sulfide) groups is 1. The first kappa shape index (κ1) is 13.1. The van der Waals surface area contributed by atoms with E-state index in [0.29, 0.717) is 11.7 Å². The summed E-state index contributed by atoms with van der Waals surface area (Å²) in [4.78, 5) is 11.1. The van der Waals surface area contributed by atoms with E-state index in [9.17, 15) is 4.79 Å². The van der Waals surface area contributed by atoms with E-state index in [0.717, 1.165) is 11.5 Å². The van der Waals surface area contributed by atoms with Crippen LogP contribution in [0.2, 0.25) is 0 Å². The number of nitrogens with two attached hydrogens (primary N) is 1. The zero-order chi connectivity index (χ0) is 12.0. The van der Waals surface area contributed by atoms with E-state index in [-0.39, 0.29) is 5.69 Å². The predicted octanol–water partition coefficient (Wildman–Crippen LogP) is 1.56. The van der Waals surface area contributed by atoms with Gasteiger partial charge in [-0.3, -0.25) is 10.2 Å². The molecule has 90 valence electrons. The largest absolute Gasteiger partial charge is 0.360 e. The van der Waals surface area contributed by atoms with Crippen molar-refractivity contribution in [2.24, 2.45) is 11.8 Å². The molecule has 0 saturated carbocycles. The lowest BCUT2D eigenvalue weighted by molar-refractivity contribution is 0.0944. The third-order valence-electron chi connectivity index (χ3n) is 2.27. The molecule has 16 heavy (non-hydrogen) atoms. The molecule has 1 aromatic heterocycles. The van der Waals surface area contributed by atoms with Gasteiger partial charge in [0.05, 0.1) is 5.75 Å². The van der Waals surface area contributed by atoms with E-state index in [4.69, 9.17) is 10.4 Å². The predicted molar refractivity (Wildman–Crippen MR) is 63.8 cm³/mol. The number of carbonyl (C=O) groups is 1. The SMILES string of the molecule is CCC(C)CSCc1cc(C(=O)NN)no1. The van der Waals surface area contributed by atoms with Crippen LogP contribution in [0.4, 0.5) is 0 Å². The van der Waals surface area contributed by atoms with Gasteiger partial charge in [-0.1, -0.05) is 25.4 Å². The van der Waals surface area contributed by atoms with Gasteiger partial charge in [0.25, 0.3) is 5.91 Å². The Labute approximate surface area is 99.1 Å². The molecule has 0 aliphatic heterocycles. The summed E-state index contributed by atoms with van der Waals surface area (Å²) in [6.07, 6.45) is 1.17. The van der Waals surface area contributed by atoms with Gasteiger partial charge in [0.15, 0.2) is 5.69 Å². The summed E-state index contributed by atoms with van der Waals surface area (Å²) in [7, 11) is 0. The van der Waals surface area contributed by atoms with Gasteiger partial charge in [0.1, 0.15) is 5.76 Å². The van der Waals surface area contributed by atoms with Crippen molar-refractivity contribution in [2.75, 3.05) is 5.75 Å². The number of hydrogen-bond donors (Lipinski definition) is 2. The van der Waals surface area contributed by atoms with Gasteiger partial charge in [-0.2, -0.15) is 11.8 Å². The molecule has 0 fully saturated rings. The van der Waals surface area contributed by atoms with Crippen LogP contribution in [0.5, 0.6) is 0 Å². The van der Waals surface area contributed by atoms with Crippen molar-refractivity contribution in [3.8, 4) is 0 Å². The average molecular weight is 243 g/mol. The minimum atomic E-state index is -0.429. The first-order valence-electron chi connectivity index (χ1n) is 5.21. The summed E-state index contributed by atoms with van der Waals surface area (Å²) in [6.45, 7) is 4.38. The van der Waals surface area contributed by atoms with E-state index >= 15 is 0 Å². The number of hydrogen-bond acceptors (Lipinski definition) is 5. The maximum Gasteiger partial charge on any atom is 0.287 e. The van der Waals surface area contributed by atoms with E-state index in [1.54, 1.807) is 17.8 Å². The Hall–Kier alpha value is -1.01. The van der Waals surface area contributed by atoms with Crippen molar-refractivity contribution < 1.29 is 9.32 Å². The summed E-state index contributed by atoms with van der Waals surface area (Å²) in [5.41, 5.74) is 2.23. The van der Waals surface area contributed by atoms with Crippen LogP contribution >= 0.6 is 11.8 Å². The standard InChI is InChI=1S/C10H17N3O2S/c1-3-7(2)5-16-6-8-4-9(13-15-8)10(14)12-11/h4,7H,3,5-6,11H2,1-2H3,(H,12,14). The number of amides is 1.